The molecule has 3 rings (SSSR count). The van der Waals surface area contributed by atoms with Gasteiger partial charge in [-0.05, 0) is 82.4 Å². The third-order valence-corrected chi connectivity index (χ3v) is 7.85. The average Bonchev–Trinajstić information content (AvgIpc) is 3.13. The Morgan fingerprint density at radius 1 is 1.09 bits per heavy atom. The molecule has 180 valence electrons. The highest BCUT2D eigenvalue weighted by Crippen LogP contribution is 2.32. The van der Waals surface area contributed by atoms with Gasteiger partial charge < -0.3 is 4.90 Å². The number of hydrogen-bond acceptors (Lipinski definition) is 6. The van der Waals surface area contributed by atoms with Crippen LogP contribution in [0.1, 0.15) is 24.0 Å². The summed E-state index contributed by atoms with van der Waals surface area (Å²) in [5.74, 6) is -1.14. The zero-order valence-electron chi connectivity index (χ0n) is 19.2. The molecular weight excluding hydrogens is 485 g/mol. The highest BCUT2D eigenvalue weighted by Gasteiger charge is 2.23. The van der Waals surface area contributed by atoms with Crippen LogP contribution in [0.25, 0.3) is 10.2 Å². The van der Waals surface area contributed by atoms with Gasteiger partial charge in [-0.15, -0.1) is 12.4 Å². The number of anilines is 1. The summed E-state index contributed by atoms with van der Waals surface area (Å²) in [7, 11) is 0.229. The van der Waals surface area contributed by atoms with E-state index in [9.17, 15) is 17.6 Å². The highest BCUT2D eigenvalue weighted by atomic mass is 35.5. The molecule has 33 heavy (non-hydrogen) atoms. The van der Waals surface area contributed by atoms with E-state index in [-0.39, 0.29) is 35.4 Å². The molecular formula is C23H29ClFN3O3S2. The fraction of sp³-hybridized carbons (Fsp3) is 0.391. The quantitative estimate of drug-likeness (QED) is 0.390. The van der Waals surface area contributed by atoms with E-state index in [1.165, 1.54) is 23.5 Å². The fourth-order valence-electron chi connectivity index (χ4n) is 3.46. The molecule has 0 unspecified atom stereocenters. The minimum atomic E-state index is -3.70. The molecule has 2 aromatic carbocycles. The Kier molecular flexibility index (Phi) is 9.37. The van der Waals surface area contributed by atoms with E-state index in [0.717, 1.165) is 46.4 Å². The molecule has 3 aromatic rings. The first-order valence-electron chi connectivity index (χ1n) is 10.4. The van der Waals surface area contributed by atoms with Gasteiger partial charge in [0.15, 0.2) is 15.0 Å². The molecule has 0 fully saturated rings. The number of rotatable bonds is 9. The van der Waals surface area contributed by atoms with Gasteiger partial charge in [-0.25, -0.2) is 17.8 Å². The number of aryl methyl sites for hydroxylation is 2. The summed E-state index contributed by atoms with van der Waals surface area (Å²) in [5.41, 5.74) is 3.03. The minimum Gasteiger partial charge on any atom is -0.309 e. The smallest absolute Gasteiger partial charge is 0.229 e. The monoisotopic (exact) mass is 513 g/mol. The molecule has 1 aromatic heterocycles. The van der Waals surface area contributed by atoms with Crippen molar-refractivity contribution in [2.24, 2.45) is 0 Å². The first-order valence-corrected chi connectivity index (χ1v) is 12.8. The summed E-state index contributed by atoms with van der Waals surface area (Å²) in [5, 5.41) is 0.580. The summed E-state index contributed by atoms with van der Waals surface area (Å²) >= 11 is 1.44. The maximum atomic E-state index is 13.1. The molecule has 0 bridgehead atoms. The van der Waals surface area contributed by atoms with Gasteiger partial charge in [0.1, 0.15) is 5.82 Å². The van der Waals surface area contributed by atoms with E-state index >= 15 is 0 Å². The van der Waals surface area contributed by atoms with Crippen LogP contribution < -0.4 is 4.90 Å². The molecule has 0 spiro atoms. The predicted molar refractivity (Wildman–Crippen MR) is 135 cm³/mol. The molecule has 1 amide bonds. The second kappa shape index (κ2) is 11.4. The second-order valence-corrected chi connectivity index (χ2v) is 11.3. The Morgan fingerprint density at radius 2 is 1.76 bits per heavy atom. The second-order valence-electron chi connectivity index (χ2n) is 8.15. The molecule has 1 heterocycles. The lowest BCUT2D eigenvalue weighted by atomic mass is 10.1. The summed E-state index contributed by atoms with van der Waals surface area (Å²) in [6.07, 6.45) is 0.562. The van der Waals surface area contributed by atoms with E-state index in [2.05, 4.69) is 6.07 Å². The Labute approximate surface area is 204 Å². The SMILES string of the molecule is Cc1cc(C)c2nc(N(CCCN(C)C)C(=O)CCS(=O)(=O)c3ccc(F)cc3)sc2c1.Cl. The molecule has 0 radical (unpaired) electrons. The highest BCUT2D eigenvalue weighted by molar-refractivity contribution is 7.91. The first-order chi connectivity index (χ1) is 15.1. The number of halogens is 2. The van der Waals surface area contributed by atoms with Gasteiger partial charge in [0, 0.05) is 13.0 Å². The van der Waals surface area contributed by atoms with Crippen LogP contribution in [-0.4, -0.2) is 57.1 Å². The van der Waals surface area contributed by atoms with Gasteiger partial charge in [-0.1, -0.05) is 17.4 Å². The van der Waals surface area contributed by atoms with E-state index in [0.29, 0.717) is 11.7 Å². The maximum Gasteiger partial charge on any atom is 0.229 e. The lowest BCUT2D eigenvalue weighted by Crippen LogP contribution is -2.34. The molecule has 0 aliphatic rings. The zero-order valence-corrected chi connectivity index (χ0v) is 21.6. The van der Waals surface area contributed by atoms with Crippen LogP contribution in [0.15, 0.2) is 41.3 Å². The van der Waals surface area contributed by atoms with Crippen LogP contribution >= 0.6 is 23.7 Å². The van der Waals surface area contributed by atoms with Gasteiger partial charge in [0.05, 0.1) is 20.9 Å². The number of sulfone groups is 1. The van der Waals surface area contributed by atoms with Gasteiger partial charge in [-0.2, -0.15) is 0 Å². The number of nitrogens with zero attached hydrogens (tertiary/aromatic N) is 3. The van der Waals surface area contributed by atoms with Crippen LogP contribution in [0.5, 0.6) is 0 Å². The van der Waals surface area contributed by atoms with Crippen molar-refractivity contribution in [2.45, 2.75) is 31.6 Å². The van der Waals surface area contributed by atoms with E-state index in [4.69, 9.17) is 4.98 Å². The summed E-state index contributed by atoms with van der Waals surface area (Å²) < 4.78 is 39.4. The van der Waals surface area contributed by atoms with Crippen molar-refractivity contribution < 1.29 is 17.6 Å². The van der Waals surface area contributed by atoms with Crippen molar-refractivity contribution in [3.05, 3.63) is 53.3 Å². The van der Waals surface area contributed by atoms with Crippen LogP contribution in [0.4, 0.5) is 9.52 Å². The molecule has 0 atom stereocenters. The van der Waals surface area contributed by atoms with Crippen molar-refractivity contribution in [1.82, 2.24) is 9.88 Å². The Morgan fingerprint density at radius 3 is 2.39 bits per heavy atom. The minimum absolute atomic E-state index is 0. The third kappa shape index (κ3) is 6.96. The average molecular weight is 514 g/mol. The van der Waals surface area contributed by atoms with Crippen LogP contribution in [-0.2, 0) is 14.6 Å². The molecule has 10 heteroatoms. The fourth-order valence-corrected chi connectivity index (χ4v) is 5.88. The summed E-state index contributed by atoms with van der Waals surface area (Å²) in [6, 6.07) is 8.76. The third-order valence-electron chi connectivity index (χ3n) is 5.09. The Bertz CT molecular complexity index is 1210. The first kappa shape index (κ1) is 27.2. The van der Waals surface area contributed by atoms with Crippen molar-refractivity contribution in [1.29, 1.82) is 0 Å². The van der Waals surface area contributed by atoms with Crippen molar-refractivity contribution >= 4 is 54.8 Å². The van der Waals surface area contributed by atoms with Crippen LogP contribution in [0.2, 0.25) is 0 Å². The van der Waals surface area contributed by atoms with Crippen molar-refractivity contribution in [2.75, 3.05) is 37.8 Å². The molecule has 0 aliphatic carbocycles. The molecule has 0 N–H and O–H groups in total. The summed E-state index contributed by atoms with van der Waals surface area (Å²) in [6.45, 7) is 5.25. The van der Waals surface area contributed by atoms with E-state index < -0.39 is 15.7 Å². The van der Waals surface area contributed by atoms with E-state index in [1.807, 2.05) is 38.9 Å². The number of hydrogen-bond donors (Lipinski definition) is 0. The number of carbonyl (C=O) groups excluding carboxylic acids is 1. The number of amides is 1. The standard InChI is InChI=1S/C23H28FN3O3S2.ClH/c1-16-14-17(2)22-20(15-16)31-23(25-22)27(12-5-11-26(3)4)21(28)10-13-32(29,30)19-8-6-18(24)7-9-19;/h6-9,14-15H,5,10-13H2,1-4H3;1H. The van der Waals surface area contributed by atoms with Crippen LogP contribution in [0.3, 0.4) is 0 Å². The maximum absolute atomic E-state index is 13.1. The molecule has 0 saturated carbocycles. The van der Waals surface area contributed by atoms with E-state index in [1.54, 1.807) is 4.90 Å². The number of carbonyl (C=O) groups is 1. The largest absolute Gasteiger partial charge is 0.309 e. The van der Waals surface area contributed by atoms with Crippen molar-refractivity contribution in [3.63, 3.8) is 0 Å². The number of benzene rings is 2. The predicted octanol–water partition coefficient (Wildman–Crippen LogP) is 4.62. The zero-order chi connectivity index (χ0) is 23.5. The number of aromatic nitrogens is 1. The normalized spacial score (nSPS) is 11.6. The van der Waals surface area contributed by atoms with Gasteiger partial charge >= 0.3 is 0 Å². The summed E-state index contributed by atoms with van der Waals surface area (Å²) in [4.78, 5) is 21.5. The van der Waals surface area contributed by atoms with Crippen LogP contribution in [0, 0.1) is 19.7 Å². The molecule has 0 saturated heterocycles. The topological polar surface area (TPSA) is 70.6 Å². The number of thiazole rings is 1. The lowest BCUT2D eigenvalue weighted by molar-refractivity contribution is -0.118. The van der Waals surface area contributed by atoms with Gasteiger partial charge in [0.25, 0.3) is 0 Å². The molecule has 6 nitrogen and oxygen atoms in total. The van der Waals surface area contributed by atoms with Gasteiger partial charge in [-0.3, -0.25) is 9.69 Å². The lowest BCUT2D eigenvalue weighted by Gasteiger charge is -2.21. The molecule has 0 aliphatic heterocycles. The van der Waals surface area contributed by atoms with Crippen molar-refractivity contribution in [3.8, 4) is 0 Å². The number of fused-ring (bicyclic) bond motifs is 1. The Balaban J connectivity index is 0.00000385. The van der Waals surface area contributed by atoms with Gasteiger partial charge in [0.2, 0.25) is 5.91 Å². The Hall–Kier alpha value is -2.07.